The topological polar surface area (TPSA) is 26.3 Å². The SMILES string of the molecule is C=CC(C)C/C=C(\C)CCOC(=O)CC. The van der Waals surface area contributed by atoms with Crippen LogP contribution in [0.4, 0.5) is 0 Å². The van der Waals surface area contributed by atoms with Crippen LogP contribution >= 0.6 is 0 Å². The molecule has 86 valence electrons. The molecule has 2 heteroatoms. The lowest BCUT2D eigenvalue weighted by Crippen LogP contribution is -2.04. The smallest absolute Gasteiger partial charge is 0.305 e. The second-order valence-corrected chi connectivity index (χ2v) is 3.82. The van der Waals surface area contributed by atoms with Crippen LogP contribution in [0.25, 0.3) is 0 Å². The summed E-state index contributed by atoms with van der Waals surface area (Å²) >= 11 is 0. The number of hydrogen-bond acceptors (Lipinski definition) is 2. The van der Waals surface area contributed by atoms with E-state index >= 15 is 0 Å². The highest BCUT2D eigenvalue weighted by atomic mass is 16.5. The van der Waals surface area contributed by atoms with E-state index in [4.69, 9.17) is 4.74 Å². The normalized spacial score (nSPS) is 13.4. The highest BCUT2D eigenvalue weighted by Crippen LogP contribution is 2.08. The third kappa shape index (κ3) is 7.98. The molecule has 0 rings (SSSR count). The summed E-state index contributed by atoms with van der Waals surface area (Å²) in [5, 5.41) is 0. The molecule has 0 aliphatic rings. The number of esters is 1. The van der Waals surface area contributed by atoms with Gasteiger partial charge in [0.1, 0.15) is 0 Å². The Morgan fingerprint density at radius 1 is 1.53 bits per heavy atom. The van der Waals surface area contributed by atoms with Crippen molar-refractivity contribution in [2.75, 3.05) is 6.61 Å². The zero-order chi connectivity index (χ0) is 11.7. The van der Waals surface area contributed by atoms with Crippen LogP contribution in [-0.4, -0.2) is 12.6 Å². The summed E-state index contributed by atoms with van der Waals surface area (Å²) in [6, 6.07) is 0. The average Bonchev–Trinajstić information content (AvgIpc) is 2.25. The molecular weight excluding hydrogens is 188 g/mol. The summed E-state index contributed by atoms with van der Waals surface area (Å²) in [7, 11) is 0. The van der Waals surface area contributed by atoms with Gasteiger partial charge in [-0.3, -0.25) is 4.79 Å². The fourth-order valence-electron chi connectivity index (χ4n) is 1.01. The first kappa shape index (κ1) is 13.9. The van der Waals surface area contributed by atoms with Crippen LogP contribution in [0, 0.1) is 5.92 Å². The predicted molar refractivity (Wildman–Crippen MR) is 63.6 cm³/mol. The van der Waals surface area contributed by atoms with Crippen molar-refractivity contribution in [2.24, 2.45) is 5.92 Å². The van der Waals surface area contributed by atoms with Crippen LogP contribution < -0.4 is 0 Å². The second kappa shape index (κ2) is 8.27. The highest BCUT2D eigenvalue weighted by Gasteiger charge is 1.98. The van der Waals surface area contributed by atoms with E-state index in [1.165, 1.54) is 5.57 Å². The molecule has 0 aliphatic heterocycles. The summed E-state index contributed by atoms with van der Waals surface area (Å²) < 4.78 is 5.00. The Kier molecular flexibility index (Phi) is 7.69. The van der Waals surface area contributed by atoms with E-state index in [2.05, 4.69) is 26.5 Å². The van der Waals surface area contributed by atoms with Crippen LogP contribution in [0.1, 0.15) is 40.0 Å². The van der Waals surface area contributed by atoms with Crippen molar-refractivity contribution in [3.8, 4) is 0 Å². The van der Waals surface area contributed by atoms with Crippen molar-refractivity contribution >= 4 is 5.97 Å². The van der Waals surface area contributed by atoms with Gasteiger partial charge in [-0.2, -0.15) is 0 Å². The van der Waals surface area contributed by atoms with Crippen molar-refractivity contribution in [1.29, 1.82) is 0 Å². The van der Waals surface area contributed by atoms with Gasteiger partial charge in [0, 0.05) is 12.8 Å². The Balaban J connectivity index is 3.68. The molecule has 0 fully saturated rings. The van der Waals surface area contributed by atoms with Crippen molar-refractivity contribution < 1.29 is 9.53 Å². The minimum absolute atomic E-state index is 0.123. The number of hydrogen-bond donors (Lipinski definition) is 0. The molecule has 0 aromatic rings. The van der Waals surface area contributed by atoms with Crippen molar-refractivity contribution in [3.05, 3.63) is 24.3 Å². The molecule has 0 saturated heterocycles. The summed E-state index contributed by atoms with van der Waals surface area (Å²) in [5.41, 5.74) is 1.27. The molecule has 1 atom stereocenters. The molecule has 0 radical (unpaired) electrons. The van der Waals surface area contributed by atoms with Crippen molar-refractivity contribution in [3.63, 3.8) is 0 Å². The lowest BCUT2D eigenvalue weighted by atomic mass is 10.1. The number of carbonyl (C=O) groups excluding carboxylic acids is 1. The first-order chi connectivity index (χ1) is 7.10. The molecule has 15 heavy (non-hydrogen) atoms. The molecular formula is C13H22O2. The molecule has 0 saturated carbocycles. The van der Waals surface area contributed by atoms with E-state index in [1.54, 1.807) is 6.92 Å². The van der Waals surface area contributed by atoms with Crippen LogP contribution in [0.2, 0.25) is 0 Å². The van der Waals surface area contributed by atoms with Gasteiger partial charge in [0.05, 0.1) is 6.61 Å². The average molecular weight is 210 g/mol. The predicted octanol–water partition coefficient (Wildman–Crippen LogP) is 3.49. The Morgan fingerprint density at radius 3 is 2.73 bits per heavy atom. The fraction of sp³-hybridized carbons (Fsp3) is 0.615. The van der Waals surface area contributed by atoms with E-state index in [-0.39, 0.29) is 5.97 Å². The number of allylic oxidation sites excluding steroid dienone is 2. The summed E-state index contributed by atoms with van der Waals surface area (Å²) in [6.45, 7) is 10.2. The molecule has 0 N–H and O–H groups in total. The summed E-state index contributed by atoms with van der Waals surface area (Å²) in [6.07, 6.45) is 6.43. The molecule has 0 aromatic carbocycles. The summed E-state index contributed by atoms with van der Waals surface area (Å²) in [5.74, 6) is 0.389. The van der Waals surface area contributed by atoms with E-state index in [9.17, 15) is 4.79 Å². The van der Waals surface area contributed by atoms with Crippen LogP contribution in [0.3, 0.4) is 0 Å². The maximum absolute atomic E-state index is 10.9. The summed E-state index contributed by atoms with van der Waals surface area (Å²) in [4.78, 5) is 10.9. The van der Waals surface area contributed by atoms with E-state index in [0.29, 0.717) is 18.9 Å². The van der Waals surface area contributed by atoms with Crippen molar-refractivity contribution in [2.45, 2.75) is 40.0 Å². The molecule has 0 aliphatic carbocycles. The third-order valence-electron chi connectivity index (χ3n) is 2.29. The maximum atomic E-state index is 10.9. The monoisotopic (exact) mass is 210 g/mol. The first-order valence-corrected chi connectivity index (χ1v) is 5.54. The second-order valence-electron chi connectivity index (χ2n) is 3.82. The van der Waals surface area contributed by atoms with Crippen LogP contribution in [-0.2, 0) is 9.53 Å². The number of ether oxygens (including phenoxy) is 1. The van der Waals surface area contributed by atoms with Gasteiger partial charge in [-0.1, -0.05) is 31.6 Å². The van der Waals surface area contributed by atoms with Gasteiger partial charge in [-0.15, -0.1) is 6.58 Å². The van der Waals surface area contributed by atoms with Gasteiger partial charge in [0.15, 0.2) is 0 Å². The molecule has 1 unspecified atom stereocenters. The molecule has 0 amide bonds. The standard InChI is InChI=1S/C13H22O2/c1-5-11(3)7-8-12(4)9-10-15-13(14)6-2/h5,8,11H,1,6-7,9-10H2,2-4H3/b12-8+. The van der Waals surface area contributed by atoms with Gasteiger partial charge in [-0.05, 0) is 19.3 Å². The van der Waals surface area contributed by atoms with Gasteiger partial charge >= 0.3 is 5.97 Å². The number of rotatable bonds is 7. The first-order valence-electron chi connectivity index (χ1n) is 5.54. The lowest BCUT2D eigenvalue weighted by Gasteiger charge is -2.05. The Hall–Kier alpha value is -1.05. The zero-order valence-corrected chi connectivity index (χ0v) is 10.1. The van der Waals surface area contributed by atoms with E-state index < -0.39 is 0 Å². The largest absolute Gasteiger partial charge is 0.465 e. The van der Waals surface area contributed by atoms with Gasteiger partial charge in [0.25, 0.3) is 0 Å². The fourth-order valence-corrected chi connectivity index (χ4v) is 1.01. The quantitative estimate of drug-likeness (QED) is 0.475. The molecule has 0 heterocycles. The molecule has 0 aromatic heterocycles. The third-order valence-corrected chi connectivity index (χ3v) is 2.29. The molecule has 0 spiro atoms. The van der Waals surface area contributed by atoms with Crippen LogP contribution in [0.15, 0.2) is 24.3 Å². The van der Waals surface area contributed by atoms with Gasteiger partial charge in [0.2, 0.25) is 0 Å². The molecule has 2 nitrogen and oxygen atoms in total. The Labute approximate surface area is 93.0 Å². The van der Waals surface area contributed by atoms with Gasteiger partial charge < -0.3 is 4.74 Å². The zero-order valence-electron chi connectivity index (χ0n) is 10.1. The minimum atomic E-state index is -0.123. The highest BCUT2D eigenvalue weighted by molar-refractivity contribution is 5.68. The number of carbonyl (C=O) groups is 1. The van der Waals surface area contributed by atoms with Gasteiger partial charge in [-0.25, -0.2) is 0 Å². The maximum Gasteiger partial charge on any atom is 0.305 e. The molecule has 0 bridgehead atoms. The minimum Gasteiger partial charge on any atom is -0.465 e. The Morgan fingerprint density at radius 2 is 2.20 bits per heavy atom. The van der Waals surface area contributed by atoms with Crippen molar-refractivity contribution in [1.82, 2.24) is 0 Å². The Bertz CT molecular complexity index is 229. The van der Waals surface area contributed by atoms with E-state index in [1.807, 2.05) is 6.08 Å². The van der Waals surface area contributed by atoms with E-state index in [0.717, 1.165) is 12.8 Å². The lowest BCUT2D eigenvalue weighted by molar-refractivity contribution is -0.143. The van der Waals surface area contributed by atoms with Crippen LogP contribution in [0.5, 0.6) is 0 Å².